The minimum absolute atomic E-state index is 0.402. The number of thiazole rings is 1. The molecule has 1 aliphatic heterocycles. The van der Waals surface area contributed by atoms with Crippen molar-refractivity contribution in [1.29, 1.82) is 0 Å². The van der Waals surface area contributed by atoms with Crippen LogP contribution in [0.1, 0.15) is 56.7 Å². The molecule has 1 fully saturated rings. The third-order valence-electron chi connectivity index (χ3n) is 4.41. The number of anilines is 1. The van der Waals surface area contributed by atoms with Crippen molar-refractivity contribution >= 4 is 16.5 Å². The summed E-state index contributed by atoms with van der Waals surface area (Å²) >= 11 is 1.65. The van der Waals surface area contributed by atoms with E-state index in [4.69, 9.17) is 0 Å². The second-order valence-corrected chi connectivity index (χ2v) is 6.51. The molecule has 1 saturated heterocycles. The van der Waals surface area contributed by atoms with Crippen molar-refractivity contribution in [1.82, 2.24) is 4.98 Å². The summed E-state index contributed by atoms with van der Waals surface area (Å²) in [6, 6.07) is 0. The molecular weight excluding hydrogens is 244 g/mol. The first kappa shape index (κ1) is 13.8. The summed E-state index contributed by atoms with van der Waals surface area (Å²) in [5.74, 6) is 0. The lowest BCUT2D eigenvalue weighted by Crippen LogP contribution is -2.25. The Morgan fingerprint density at radius 2 is 2.11 bits per heavy atom. The van der Waals surface area contributed by atoms with Gasteiger partial charge in [0.2, 0.25) is 0 Å². The highest BCUT2D eigenvalue weighted by molar-refractivity contribution is 7.15. The zero-order valence-corrected chi connectivity index (χ0v) is 12.7. The number of hydrogen-bond acceptors (Lipinski definition) is 4. The Morgan fingerprint density at radius 3 is 2.56 bits per heavy atom. The summed E-state index contributed by atoms with van der Waals surface area (Å²) in [6.45, 7) is 10.6. The Hall–Kier alpha value is -0.610. The summed E-state index contributed by atoms with van der Waals surface area (Å²) < 4.78 is 0. The third-order valence-corrected chi connectivity index (χ3v) is 5.80. The third kappa shape index (κ3) is 2.41. The molecule has 0 amide bonds. The van der Waals surface area contributed by atoms with Gasteiger partial charge in [-0.25, -0.2) is 4.98 Å². The number of aliphatic hydroxyl groups excluding tert-OH is 1. The lowest BCUT2D eigenvalue weighted by atomic mass is 9.82. The molecule has 0 aliphatic carbocycles. The highest BCUT2D eigenvalue weighted by Crippen LogP contribution is 2.41. The summed E-state index contributed by atoms with van der Waals surface area (Å²) in [4.78, 5) is 8.04. The fourth-order valence-corrected chi connectivity index (χ4v) is 3.87. The molecule has 1 atom stereocenters. The lowest BCUT2D eigenvalue weighted by molar-refractivity contribution is 0.202. The molecule has 0 aromatic carbocycles. The minimum Gasteiger partial charge on any atom is -0.388 e. The SMILES string of the molecule is CCC1(CC)CCN(c2nc(C)c(C(C)O)s2)C1. The van der Waals surface area contributed by atoms with Gasteiger partial charge in [0, 0.05) is 13.1 Å². The maximum Gasteiger partial charge on any atom is 0.185 e. The Balaban J connectivity index is 2.17. The molecule has 1 aliphatic rings. The van der Waals surface area contributed by atoms with Gasteiger partial charge in [0.1, 0.15) is 0 Å². The van der Waals surface area contributed by atoms with Crippen LogP contribution in [0.15, 0.2) is 0 Å². The van der Waals surface area contributed by atoms with Crippen LogP contribution in [0.2, 0.25) is 0 Å². The Morgan fingerprint density at radius 1 is 1.44 bits per heavy atom. The van der Waals surface area contributed by atoms with Crippen molar-refractivity contribution < 1.29 is 5.11 Å². The Kier molecular flexibility index (Phi) is 3.97. The first-order chi connectivity index (χ1) is 8.51. The molecule has 2 rings (SSSR count). The van der Waals surface area contributed by atoms with E-state index in [0.717, 1.165) is 28.8 Å². The van der Waals surface area contributed by atoms with Crippen molar-refractivity contribution in [3.05, 3.63) is 10.6 Å². The molecular formula is C14H24N2OS. The highest BCUT2D eigenvalue weighted by Gasteiger charge is 2.36. The number of aliphatic hydroxyl groups is 1. The van der Waals surface area contributed by atoms with Crippen molar-refractivity contribution in [3.8, 4) is 0 Å². The van der Waals surface area contributed by atoms with Crippen LogP contribution in [-0.2, 0) is 0 Å². The van der Waals surface area contributed by atoms with E-state index in [-0.39, 0.29) is 0 Å². The van der Waals surface area contributed by atoms with E-state index >= 15 is 0 Å². The van der Waals surface area contributed by atoms with Crippen LogP contribution in [0.25, 0.3) is 0 Å². The predicted octanol–water partition coefficient (Wildman–Crippen LogP) is 3.52. The zero-order valence-electron chi connectivity index (χ0n) is 11.9. The number of aryl methyl sites for hydroxylation is 1. The van der Waals surface area contributed by atoms with Gasteiger partial charge in [-0.05, 0) is 38.5 Å². The van der Waals surface area contributed by atoms with E-state index in [9.17, 15) is 5.11 Å². The molecule has 1 unspecified atom stereocenters. The zero-order chi connectivity index (χ0) is 13.3. The fraction of sp³-hybridized carbons (Fsp3) is 0.786. The summed E-state index contributed by atoms with van der Waals surface area (Å²) in [5.41, 5.74) is 1.46. The van der Waals surface area contributed by atoms with Gasteiger partial charge in [-0.2, -0.15) is 0 Å². The maximum atomic E-state index is 9.71. The van der Waals surface area contributed by atoms with Gasteiger partial charge in [0.05, 0.1) is 16.7 Å². The molecule has 4 heteroatoms. The smallest absolute Gasteiger partial charge is 0.185 e. The largest absolute Gasteiger partial charge is 0.388 e. The first-order valence-electron chi connectivity index (χ1n) is 6.91. The first-order valence-corrected chi connectivity index (χ1v) is 7.73. The van der Waals surface area contributed by atoms with Crippen LogP contribution in [0.5, 0.6) is 0 Å². The van der Waals surface area contributed by atoms with Crippen LogP contribution >= 0.6 is 11.3 Å². The van der Waals surface area contributed by atoms with Crippen LogP contribution in [0, 0.1) is 12.3 Å². The molecule has 18 heavy (non-hydrogen) atoms. The standard InChI is InChI=1S/C14H24N2OS/c1-5-14(6-2)7-8-16(9-14)13-15-10(3)12(18-13)11(4)17/h11,17H,5-9H2,1-4H3. The second-order valence-electron chi connectivity index (χ2n) is 5.50. The molecule has 1 N–H and O–H groups in total. The van der Waals surface area contributed by atoms with Gasteiger partial charge in [-0.15, -0.1) is 0 Å². The van der Waals surface area contributed by atoms with E-state index in [2.05, 4.69) is 23.7 Å². The van der Waals surface area contributed by atoms with E-state index in [1.807, 2.05) is 13.8 Å². The van der Waals surface area contributed by atoms with Crippen molar-refractivity contribution in [2.45, 2.75) is 53.1 Å². The van der Waals surface area contributed by atoms with Crippen molar-refractivity contribution in [2.24, 2.45) is 5.41 Å². The average Bonchev–Trinajstić information content (AvgIpc) is 2.93. The Labute approximate surface area is 114 Å². The predicted molar refractivity (Wildman–Crippen MR) is 77.3 cm³/mol. The van der Waals surface area contributed by atoms with Crippen molar-refractivity contribution in [2.75, 3.05) is 18.0 Å². The van der Waals surface area contributed by atoms with E-state index in [1.54, 1.807) is 11.3 Å². The number of hydrogen-bond donors (Lipinski definition) is 1. The molecule has 0 radical (unpaired) electrons. The normalized spacial score (nSPS) is 20.4. The number of nitrogens with zero attached hydrogens (tertiary/aromatic N) is 2. The maximum absolute atomic E-state index is 9.71. The molecule has 0 spiro atoms. The van der Waals surface area contributed by atoms with Gasteiger partial charge in [0.25, 0.3) is 0 Å². The van der Waals surface area contributed by atoms with Gasteiger partial charge in [-0.3, -0.25) is 0 Å². The lowest BCUT2D eigenvalue weighted by Gasteiger charge is -2.26. The van der Waals surface area contributed by atoms with Crippen LogP contribution in [0.4, 0.5) is 5.13 Å². The van der Waals surface area contributed by atoms with Crippen LogP contribution in [-0.4, -0.2) is 23.2 Å². The molecule has 1 aromatic heterocycles. The van der Waals surface area contributed by atoms with E-state index < -0.39 is 6.10 Å². The molecule has 2 heterocycles. The second kappa shape index (κ2) is 5.17. The molecule has 102 valence electrons. The van der Waals surface area contributed by atoms with Crippen LogP contribution in [0.3, 0.4) is 0 Å². The number of rotatable bonds is 4. The molecule has 3 nitrogen and oxygen atoms in total. The topological polar surface area (TPSA) is 36.4 Å². The number of aromatic nitrogens is 1. The average molecular weight is 268 g/mol. The molecule has 0 bridgehead atoms. The van der Waals surface area contributed by atoms with Crippen LogP contribution < -0.4 is 4.90 Å². The Bertz CT molecular complexity index is 410. The van der Waals surface area contributed by atoms with Gasteiger partial charge in [0.15, 0.2) is 5.13 Å². The molecule has 0 saturated carbocycles. The minimum atomic E-state index is -0.402. The summed E-state index contributed by atoms with van der Waals surface area (Å²) in [7, 11) is 0. The quantitative estimate of drug-likeness (QED) is 0.907. The summed E-state index contributed by atoms with van der Waals surface area (Å²) in [6.07, 6.45) is 3.35. The van der Waals surface area contributed by atoms with E-state index in [0.29, 0.717) is 5.41 Å². The van der Waals surface area contributed by atoms with Gasteiger partial charge in [-0.1, -0.05) is 25.2 Å². The highest BCUT2D eigenvalue weighted by atomic mass is 32.1. The van der Waals surface area contributed by atoms with Gasteiger partial charge >= 0.3 is 0 Å². The fourth-order valence-electron chi connectivity index (χ4n) is 2.84. The van der Waals surface area contributed by atoms with Crippen molar-refractivity contribution in [3.63, 3.8) is 0 Å². The summed E-state index contributed by atoms with van der Waals surface area (Å²) in [5, 5.41) is 10.8. The monoisotopic (exact) mass is 268 g/mol. The van der Waals surface area contributed by atoms with Gasteiger partial charge < -0.3 is 10.0 Å². The van der Waals surface area contributed by atoms with E-state index in [1.165, 1.54) is 19.3 Å². The molecule has 1 aromatic rings.